The van der Waals surface area contributed by atoms with Crippen molar-refractivity contribution in [3.05, 3.63) is 53.7 Å². The summed E-state index contributed by atoms with van der Waals surface area (Å²) >= 11 is 0. The maximum atomic E-state index is 12.8. The van der Waals surface area contributed by atoms with Crippen LogP contribution in [0.2, 0.25) is 0 Å². The number of hydrogen-bond donors (Lipinski definition) is 0. The van der Waals surface area contributed by atoms with Crippen molar-refractivity contribution in [2.24, 2.45) is 0 Å². The molecule has 2 aliphatic heterocycles. The smallest absolute Gasteiger partial charge is 0.353 e. The molecule has 0 radical (unpaired) electrons. The molecule has 0 aliphatic carbocycles. The van der Waals surface area contributed by atoms with Gasteiger partial charge in [-0.1, -0.05) is 0 Å². The van der Waals surface area contributed by atoms with Crippen molar-refractivity contribution in [1.29, 1.82) is 0 Å². The summed E-state index contributed by atoms with van der Waals surface area (Å²) in [5.41, 5.74) is 0.567. The van der Waals surface area contributed by atoms with Gasteiger partial charge in [0.2, 0.25) is 5.91 Å². The van der Waals surface area contributed by atoms with E-state index in [0.29, 0.717) is 50.5 Å². The van der Waals surface area contributed by atoms with Crippen molar-refractivity contribution in [1.82, 2.24) is 9.88 Å². The average Bonchev–Trinajstić information content (AvgIpc) is 3.19. The number of amides is 2. The van der Waals surface area contributed by atoms with Gasteiger partial charge in [-0.3, -0.25) is 9.59 Å². The van der Waals surface area contributed by atoms with Gasteiger partial charge in [0.25, 0.3) is 5.91 Å². The Morgan fingerprint density at radius 2 is 1.63 bits per heavy atom. The number of benzene rings is 1. The molecular formula is C21H21F3N4O2. The van der Waals surface area contributed by atoms with E-state index in [4.69, 9.17) is 0 Å². The third-order valence-electron chi connectivity index (χ3n) is 5.47. The lowest BCUT2D eigenvalue weighted by molar-refractivity contribution is -0.137. The van der Waals surface area contributed by atoms with Crippen LogP contribution in [0.5, 0.6) is 0 Å². The lowest BCUT2D eigenvalue weighted by atomic mass is 10.1. The summed E-state index contributed by atoms with van der Waals surface area (Å²) in [4.78, 5) is 33.9. The van der Waals surface area contributed by atoms with Crippen molar-refractivity contribution in [2.45, 2.75) is 19.0 Å². The number of alkyl halides is 3. The first-order valence-electron chi connectivity index (χ1n) is 9.81. The van der Waals surface area contributed by atoms with Gasteiger partial charge in [0.15, 0.2) is 0 Å². The molecular weight excluding hydrogens is 397 g/mol. The standard InChI is InChI=1S/C21H21F3N4O2/c22-21(23,24)16-5-8-18(25-14-16)26-10-12-27(13-11-26)20(30)15-3-6-17(7-4-15)28-9-1-2-19(28)29/h3-8,14H,1-2,9-13H2. The molecule has 2 fully saturated rings. The monoisotopic (exact) mass is 418 g/mol. The molecule has 0 unspecified atom stereocenters. The second-order valence-corrected chi connectivity index (χ2v) is 7.38. The Kier molecular flexibility index (Phi) is 5.36. The molecule has 9 heteroatoms. The minimum absolute atomic E-state index is 0.0991. The van der Waals surface area contributed by atoms with E-state index in [2.05, 4.69) is 4.98 Å². The highest BCUT2D eigenvalue weighted by atomic mass is 19.4. The first-order valence-corrected chi connectivity index (χ1v) is 9.81. The van der Waals surface area contributed by atoms with Gasteiger partial charge in [-0.2, -0.15) is 13.2 Å². The predicted octanol–water partition coefficient (Wildman–Crippen LogP) is 3.19. The summed E-state index contributed by atoms with van der Waals surface area (Å²) in [5, 5.41) is 0. The Morgan fingerprint density at radius 1 is 0.933 bits per heavy atom. The third kappa shape index (κ3) is 4.10. The van der Waals surface area contributed by atoms with E-state index in [0.717, 1.165) is 24.4 Å². The van der Waals surface area contributed by atoms with Gasteiger partial charge in [-0.25, -0.2) is 4.98 Å². The molecule has 2 amide bonds. The zero-order chi connectivity index (χ0) is 21.3. The molecule has 4 rings (SSSR count). The minimum atomic E-state index is -4.41. The summed E-state index contributed by atoms with van der Waals surface area (Å²) in [6.45, 7) is 2.59. The number of rotatable bonds is 3. The lowest BCUT2D eigenvalue weighted by Crippen LogP contribution is -2.49. The van der Waals surface area contributed by atoms with Crippen LogP contribution in [0.4, 0.5) is 24.7 Å². The van der Waals surface area contributed by atoms with Crippen LogP contribution in [0.15, 0.2) is 42.6 Å². The van der Waals surface area contributed by atoms with Crippen LogP contribution in [0, 0.1) is 0 Å². The van der Waals surface area contributed by atoms with Crippen molar-refractivity contribution < 1.29 is 22.8 Å². The normalized spacial score (nSPS) is 17.6. The average molecular weight is 418 g/mol. The molecule has 0 bridgehead atoms. The first kappa shape index (κ1) is 20.2. The Morgan fingerprint density at radius 3 is 2.17 bits per heavy atom. The van der Waals surface area contributed by atoms with E-state index in [1.807, 2.05) is 4.90 Å². The van der Waals surface area contributed by atoms with Crippen LogP contribution in [0.25, 0.3) is 0 Å². The number of hydrogen-bond acceptors (Lipinski definition) is 4. The Hall–Kier alpha value is -3.10. The Labute approximate surface area is 171 Å². The van der Waals surface area contributed by atoms with Crippen molar-refractivity contribution in [3.63, 3.8) is 0 Å². The highest BCUT2D eigenvalue weighted by Gasteiger charge is 2.31. The number of carbonyl (C=O) groups is 2. The van der Waals surface area contributed by atoms with Gasteiger partial charge in [-0.05, 0) is 42.8 Å². The summed E-state index contributed by atoms with van der Waals surface area (Å²) < 4.78 is 38.0. The summed E-state index contributed by atoms with van der Waals surface area (Å²) in [6, 6.07) is 9.42. The number of piperazine rings is 1. The molecule has 0 atom stereocenters. The van der Waals surface area contributed by atoms with Crippen LogP contribution < -0.4 is 9.80 Å². The zero-order valence-electron chi connectivity index (χ0n) is 16.2. The molecule has 0 spiro atoms. The van der Waals surface area contributed by atoms with Crippen molar-refractivity contribution in [3.8, 4) is 0 Å². The number of anilines is 2. The van der Waals surface area contributed by atoms with Crippen LogP contribution in [-0.4, -0.2) is 54.4 Å². The summed E-state index contributed by atoms with van der Waals surface area (Å²) in [5.74, 6) is 0.464. The highest BCUT2D eigenvalue weighted by Crippen LogP contribution is 2.29. The molecule has 1 aromatic carbocycles. The number of nitrogens with zero attached hydrogens (tertiary/aromatic N) is 4. The molecule has 0 saturated carbocycles. The van der Waals surface area contributed by atoms with E-state index in [-0.39, 0.29) is 11.8 Å². The van der Waals surface area contributed by atoms with E-state index >= 15 is 0 Å². The first-order chi connectivity index (χ1) is 14.3. The lowest BCUT2D eigenvalue weighted by Gasteiger charge is -2.35. The maximum Gasteiger partial charge on any atom is 0.417 e. The van der Waals surface area contributed by atoms with Gasteiger partial charge in [0, 0.05) is 56.6 Å². The van der Waals surface area contributed by atoms with Crippen molar-refractivity contribution in [2.75, 3.05) is 42.5 Å². The van der Waals surface area contributed by atoms with Crippen LogP contribution in [0.1, 0.15) is 28.8 Å². The molecule has 6 nitrogen and oxygen atoms in total. The van der Waals surface area contributed by atoms with Crippen LogP contribution >= 0.6 is 0 Å². The maximum absolute atomic E-state index is 12.8. The highest BCUT2D eigenvalue weighted by molar-refractivity contribution is 5.97. The number of halogens is 3. The molecule has 30 heavy (non-hydrogen) atoms. The predicted molar refractivity (Wildman–Crippen MR) is 105 cm³/mol. The summed E-state index contributed by atoms with van der Waals surface area (Å²) in [6.07, 6.45) is -2.18. The quantitative estimate of drug-likeness (QED) is 0.768. The molecule has 2 saturated heterocycles. The second kappa shape index (κ2) is 7.97. The van der Waals surface area contributed by atoms with E-state index in [1.165, 1.54) is 6.07 Å². The largest absolute Gasteiger partial charge is 0.417 e. The molecule has 0 N–H and O–H groups in total. The fourth-order valence-electron chi connectivity index (χ4n) is 3.77. The Bertz CT molecular complexity index is 921. The molecule has 2 aromatic rings. The van der Waals surface area contributed by atoms with Crippen LogP contribution in [-0.2, 0) is 11.0 Å². The fourth-order valence-corrected chi connectivity index (χ4v) is 3.77. The topological polar surface area (TPSA) is 56.8 Å². The second-order valence-electron chi connectivity index (χ2n) is 7.38. The van der Waals surface area contributed by atoms with E-state index in [9.17, 15) is 22.8 Å². The number of carbonyl (C=O) groups excluding carboxylic acids is 2. The van der Waals surface area contributed by atoms with E-state index in [1.54, 1.807) is 34.1 Å². The van der Waals surface area contributed by atoms with E-state index < -0.39 is 11.7 Å². The van der Waals surface area contributed by atoms with Gasteiger partial charge < -0.3 is 14.7 Å². The minimum Gasteiger partial charge on any atom is -0.353 e. The molecule has 2 aliphatic rings. The zero-order valence-corrected chi connectivity index (χ0v) is 16.2. The SMILES string of the molecule is O=C(c1ccc(N2CCCC2=O)cc1)N1CCN(c2ccc(C(F)(F)F)cn2)CC1. The Balaban J connectivity index is 1.35. The fraction of sp³-hybridized carbons (Fsp3) is 0.381. The molecule has 3 heterocycles. The number of aromatic nitrogens is 1. The van der Waals surface area contributed by atoms with Gasteiger partial charge in [0.05, 0.1) is 5.56 Å². The van der Waals surface area contributed by atoms with Gasteiger partial charge in [-0.15, -0.1) is 0 Å². The summed E-state index contributed by atoms with van der Waals surface area (Å²) in [7, 11) is 0. The number of pyridine rings is 1. The van der Waals surface area contributed by atoms with Gasteiger partial charge in [0.1, 0.15) is 5.82 Å². The van der Waals surface area contributed by atoms with Crippen molar-refractivity contribution >= 4 is 23.3 Å². The molecule has 1 aromatic heterocycles. The third-order valence-corrected chi connectivity index (χ3v) is 5.47. The van der Waals surface area contributed by atoms with Crippen LogP contribution in [0.3, 0.4) is 0 Å². The van der Waals surface area contributed by atoms with Gasteiger partial charge >= 0.3 is 6.18 Å². The molecule has 158 valence electrons.